The summed E-state index contributed by atoms with van der Waals surface area (Å²) in [5.74, 6) is 0.176. The van der Waals surface area contributed by atoms with E-state index in [0.717, 1.165) is 17.4 Å². The maximum atomic E-state index is 13.2. The largest absolute Gasteiger partial charge is 0.444 e. The molecule has 0 unspecified atom stereocenters. The molecule has 1 aliphatic rings. The van der Waals surface area contributed by atoms with Gasteiger partial charge in [0, 0.05) is 18.7 Å². The van der Waals surface area contributed by atoms with E-state index in [4.69, 9.17) is 9.26 Å². The molecule has 13 heteroatoms. The Hall–Kier alpha value is -3.45. The second-order valence-corrected chi connectivity index (χ2v) is 11.6. The Balaban J connectivity index is 1.66. The van der Waals surface area contributed by atoms with E-state index in [-0.39, 0.29) is 33.9 Å². The smallest absolute Gasteiger partial charge is 0.413 e. The molecule has 0 spiro atoms. The molecule has 0 aliphatic heterocycles. The zero-order valence-electron chi connectivity index (χ0n) is 20.0. The normalized spacial score (nSPS) is 15.2. The summed E-state index contributed by atoms with van der Waals surface area (Å²) in [4.78, 5) is 37.9. The highest BCUT2D eigenvalue weighted by molar-refractivity contribution is 7.89. The van der Waals surface area contributed by atoms with E-state index < -0.39 is 38.5 Å². The monoisotopic (exact) mass is 505 g/mol. The Bertz CT molecular complexity index is 1540. The predicted octanol–water partition coefficient (Wildman–Crippen LogP) is 1.91. The van der Waals surface area contributed by atoms with E-state index in [1.165, 1.54) is 35.9 Å². The highest BCUT2D eigenvalue weighted by Gasteiger charge is 2.41. The fourth-order valence-electron chi connectivity index (χ4n) is 3.49. The van der Waals surface area contributed by atoms with Crippen LogP contribution in [-0.2, 0) is 28.4 Å². The van der Waals surface area contributed by atoms with Crippen LogP contribution in [0.2, 0.25) is 0 Å². The Labute approximate surface area is 200 Å². The van der Waals surface area contributed by atoms with Crippen molar-refractivity contribution in [3.05, 3.63) is 50.9 Å². The summed E-state index contributed by atoms with van der Waals surface area (Å²) in [6, 6.07) is 5.42. The van der Waals surface area contributed by atoms with Crippen LogP contribution in [0.3, 0.4) is 0 Å². The standard InChI is InChI=1S/C22H27N5O7S/c1-21(2,3)33-19(29)23-17-10-13(34-24-17)12-27-18(28)15-11-14(6-7-16(15)26(5)20(27)30)35(31,32)25-22(4)8-9-22/h6-7,10-11,25H,8-9,12H2,1-5H3,(H,23,24,29). The van der Waals surface area contributed by atoms with Gasteiger partial charge in [-0.3, -0.25) is 19.2 Å². The average Bonchev–Trinajstić information content (AvgIpc) is 3.29. The SMILES string of the molecule is Cn1c(=O)n(Cc2cc(NC(=O)OC(C)(C)C)no2)c(=O)c2cc(S(=O)(=O)NC3(C)CC3)ccc21. The van der Waals surface area contributed by atoms with Crippen molar-refractivity contribution < 1.29 is 22.5 Å². The highest BCUT2D eigenvalue weighted by Crippen LogP contribution is 2.36. The molecule has 1 aromatic carbocycles. The van der Waals surface area contributed by atoms with Crippen molar-refractivity contribution >= 4 is 32.8 Å². The van der Waals surface area contributed by atoms with Gasteiger partial charge in [0.15, 0.2) is 11.6 Å². The molecule has 12 nitrogen and oxygen atoms in total. The summed E-state index contributed by atoms with van der Waals surface area (Å²) in [6.07, 6.45) is 0.741. The van der Waals surface area contributed by atoms with E-state index in [1.54, 1.807) is 20.8 Å². The topological polar surface area (TPSA) is 155 Å². The van der Waals surface area contributed by atoms with Gasteiger partial charge in [0.25, 0.3) is 5.56 Å². The maximum Gasteiger partial charge on any atom is 0.413 e. The molecule has 188 valence electrons. The number of anilines is 1. The summed E-state index contributed by atoms with van der Waals surface area (Å²) in [5, 5.41) is 6.18. The number of ether oxygens (including phenoxy) is 1. The number of amides is 1. The second-order valence-electron chi connectivity index (χ2n) is 9.88. The lowest BCUT2D eigenvalue weighted by Crippen LogP contribution is -2.39. The third-order valence-electron chi connectivity index (χ3n) is 5.52. The Morgan fingerprint density at radius 3 is 2.54 bits per heavy atom. The maximum absolute atomic E-state index is 13.2. The molecule has 0 atom stereocenters. The quantitative estimate of drug-likeness (QED) is 0.515. The Morgan fingerprint density at radius 1 is 1.23 bits per heavy atom. The van der Waals surface area contributed by atoms with Crippen LogP contribution in [0.5, 0.6) is 0 Å². The molecule has 0 radical (unpaired) electrons. The lowest BCUT2D eigenvalue weighted by atomic mass is 10.2. The molecule has 4 rings (SSSR count). The van der Waals surface area contributed by atoms with Crippen LogP contribution < -0.4 is 21.3 Å². The fraction of sp³-hybridized carbons (Fsp3) is 0.455. The molecule has 1 amide bonds. The number of hydrogen-bond acceptors (Lipinski definition) is 8. The lowest BCUT2D eigenvalue weighted by Gasteiger charge is -2.18. The number of nitrogens with one attached hydrogen (secondary N) is 2. The molecule has 2 N–H and O–H groups in total. The molecule has 1 saturated carbocycles. The number of fused-ring (bicyclic) bond motifs is 1. The van der Waals surface area contributed by atoms with Gasteiger partial charge < -0.3 is 9.26 Å². The van der Waals surface area contributed by atoms with Gasteiger partial charge >= 0.3 is 11.8 Å². The van der Waals surface area contributed by atoms with Crippen LogP contribution in [0.4, 0.5) is 10.6 Å². The van der Waals surface area contributed by atoms with Crippen LogP contribution in [0.1, 0.15) is 46.3 Å². The summed E-state index contributed by atoms with van der Waals surface area (Å²) in [6.45, 7) is 6.66. The molecule has 3 aromatic rings. The molecule has 1 fully saturated rings. The number of carbonyl (C=O) groups is 1. The minimum absolute atomic E-state index is 0.0490. The van der Waals surface area contributed by atoms with Crippen LogP contribution in [0.25, 0.3) is 10.9 Å². The van der Waals surface area contributed by atoms with Crippen LogP contribution in [0, 0.1) is 0 Å². The van der Waals surface area contributed by atoms with Crippen molar-refractivity contribution in [3.8, 4) is 0 Å². The molecule has 35 heavy (non-hydrogen) atoms. The summed E-state index contributed by atoms with van der Waals surface area (Å²) in [5.41, 5.74) is -2.21. The minimum Gasteiger partial charge on any atom is -0.444 e. The van der Waals surface area contributed by atoms with Crippen molar-refractivity contribution in [1.82, 2.24) is 19.0 Å². The third-order valence-corrected chi connectivity index (χ3v) is 7.15. The molecule has 0 saturated heterocycles. The number of aromatic nitrogens is 3. The fourth-order valence-corrected chi connectivity index (χ4v) is 4.98. The first-order valence-electron chi connectivity index (χ1n) is 10.9. The number of benzene rings is 1. The zero-order chi connectivity index (χ0) is 25.8. The molecular weight excluding hydrogens is 478 g/mol. The van der Waals surface area contributed by atoms with E-state index in [1.807, 2.05) is 6.92 Å². The van der Waals surface area contributed by atoms with Crippen LogP contribution in [-0.4, -0.2) is 39.9 Å². The van der Waals surface area contributed by atoms with Gasteiger partial charge in [-0.25, -0.2) is 22.7 Å². The van der Waals surface area contributed by atoms with Crippen molar-refractivity contribution in [2.75, 3.05) is 5.32 Å². The summed E-state index contributed by atoms with van der Waals surface area (Å²) in [7, 11) is -2.37. The van der Waals surface area contributed by atoms with E-state index in [2.05, 4.69) is 15.2 Å². The second kappa shape index (κ2) is 8.34. The Kier molecular flexibility index (Phi) is 5.88. The van der Waals surface area contributed by atoms with Crippen molar-refractivity contribution in [2.45, 2.75) is 63.1 Å². The van der Waals surface area contributed by atoms with Gasteiger partial charge in [-0.2, -0.15) is 0 Å². The molecule has 1 aliphatic carbocycles. The number of aryl methyl sites for hydroxylation is 1. The highest BCUT2D eigenvalue weighted by atomic mass is 32.2. The van der Waals surface area contributed by atoms with Crippen LogP contribution >= 0.6 is 0 Å². The molecule has 0 bridgehead atoms. The number of rotatable bonds is 6. The molecule has 2 aromatic heterocycles. The van der Waals surface area contributed by atoms with E-state index in [9.17, 15) is 22.8 Å². The summed E-state index contributed by atoms with van der Waals surface area (Å²) < 4.78 is 40.7. The van der Waals surface area contributed by atoms with Gasteiger partial charge in [0.05, 0.1) is 22.3 Å². The van der Waals surface area contributed by atoms with Gasteiger partial charge in [-0.15, -0.1) is 0 Å². The van der Waals surface area contributed by atoms with Gasteiger partial charge in [-0.1, -0.05) is 5.16 Å². The predicted molar refractivity (Wildman–Crippen MR) is 127 cm³/mol. The molecular formula is C22H27N5O7S. The van der Waals surface area contributed by atoms with Gasteiger partial charge in [-0.05, 0) is 58.7 Å². The van der Waals surface area contributed by atoms with Crippen LogP contribution in [0.15, 0.2) is 43.3 Å². The van der Waals surface area contributed by atoms with Gasteiger partial charge in [0.1, 0.15) is 5.60 Å². The summed E-state index contributed by atoms with van der Waals surface area (Å²) >= 11 is 0. The molecule has 2 heterocycles. The first-order chi connectivity index (χ1) is 16.2. The van der Waals surface area contributed by atoms with Crippen molar-refractivity contribution in [1.29, 1.82) is 0 Å². The van der Waals surface area contributed by atoms with Crippen molar-refractivity contribution in [2.24, 2.45) is 7.05 Å². The van der Waals surface area contributed by atoms with Crippen molar-refractivity contribution in [3.63, 3.8) is 0 Å². The lowest BCUT2D eigenvalue weighted by molar-refractivity contribution is 0.0634. The van der Waals surface area contributed by atoms with Gasteiger partial charge in [0.2, 0.25) is 10.0 Å². The zero-order valence-corrected chi connectivity index (χ0v) is 20.9. The third kappa shape index (κ3) is 5.30. The first kappa shape index (κ1) is 24.7. The van der Waals surface area contributed by atoms with E-state index >= 15 is 0 Å². The average molecular weight is 506 g/mol. The Morgan fingerprint density at radius 2 is 1.91 bits per heavy atom. The number of carbonyl (C=O) groups excluding carboxylic acids is 1. The number of sulfonamides is 1. The number of nitrogens with zero attached hydrogens (tertiary/aromatic N) is 3. The minimum atomic E-state index is -3.85. The first-order valence-corrected chi connectivity index (χ1v) is 12.4. The van der Waals surface area contributed by atoms with E-state index in [0.29, 0.717) is 0 Å². The number of hydrogen-bond donors (Lipinski definition) is 2.